The fourth-order valence-corrected chi connectivity index (χ4v) is 3.03. The van der Waals surface area contributed by atoms with Crippen LogP contribution in [0.2, 0.25) is 0 Å². The molecule has 0 N–H and O–H groups in total. The van der Waals surface area contributed by atoms with Crippen LogP contribution in [0.1, 0.15) is 41.8 Å². The standard InChI is InChI=1S/C24H22F2O2/c1-3-5-16-6-8-18(9-7-16)19-10-12-20(13-11-19)24(27)28-21-15-14-17(4-2)22(25)23(21)26/h6-15H,3-5H2,1-2H3. The summed E-state index contributed by atoms with van der Waals surface area (Å²) in [5.74, 6) is -3.26. The van der Waals surface area contributed by atoms with E-state index in [0.29, 0.717) is 6.42 Å². The third-order valence-corrected chi connectivity index (χ3v) is 4.66. The number of carbonyl (C=O) groups is 1. The molecule has 4 heteroatoms. The van der Waals surface area contributed by atoms with Gasteiger partial charge in [0.1, 0.15) is 0 Å². The molecule has 0 amide bonds. The van der Waals surface area contributed by atoms with Crippen molar-refractivity contribution in [2.45, 2.75) is 33.1 Å². The highest BCUT2D eigenvalue weighted by molar-refractivity contribution is 5.91. The number of benzene rings is 3. The van der Waals surface area contributed by atoms with Crippen molar-refractivity contribution in [3.05, 3.63) is 89.0 Å². The van der Waals surface area contributed by atoms with E-state index in [2.05, 4.69) is 19.1 Å². The van der Waals surface area contributed by atoms with E-state index in [4.69, 9.17) is 4.74 Å². The van der Waals surface area contributed by atoms with E-state index in [1.807, 2.05) is 24.3 Å². The van der Waals surface area contributed by atoms with Crippen LogP contribution in [0.15, 0.2) is 60.7 Å². The molecule has 0 atom stereocenters. The minimum Gasteiger partial charge on any atom is -0.420 e. The molecule has 144 valence electrons. The van der Waals surface area contributed by atoms with Crippen molar-refractivity contribution in [3.63, 3.8) is 0 Å². The van der Waals surface area contributed by atoms with E-state index in [9.17, 15) is 13.6 Å². The van der Waals surface area contributed by atoms with E-state index >= 15 is 0 Å². The van der Waals surface area contributed by atoms with Gasteiger partial charge >= 0.3 is 5.97 Å². The maximum Gasteiger partial charge on any atom is 0.343 e. The third kappa shape index (κ3) is 4.28. The summed E-state index contributed by atoms with van der Waals surface area (Å²) in [5.41, 5.74) is 3.80. The molecule has 0 fully saturated rings. The zero-order valence-corrected chi connectivity index (χ0v) is 16.0. The topological polar surface area (TPSA) is 26.3 Å². The lowest BCUT2D eigenvalue weighted by Crippen LogP contribution is -2.10. The maximum atomic E-state index is 14.0. The Hall–Kier alpha value is -3.01. The molecule has 28 heavy (non-hydrogen) atoms. The lowest BCUT2D eigenvalue weighted by molar-refractivity contribution is 0.0726. The molecule has 0 saturated carbocycles. The molecule has 0 aliphatic carbocycles. The lowest BCUT2D eigenvalue weighted by atomic mass is 10.0. The molecule has 0 unspecified atom stereocenters. The second-order valence-electron chi connectivity index (χ2n) is 6.62. The van der Waals surface area contributed by atoms with Gasteiger partial charge in [0.2, 0.25) is 5.82 Å². The molecule has 3 aromatic carbocycles. The Kier molecular flexibility index (Phi) is 6.19. The van der Waals surface area contributed by atoms with Crippen LogP contribution in [-0.2, 0) is 12.8 Å². The molecular weight excluding hydrogens is 358 g/mol. The third-order valence-electron chi connectivity index (χ3n) is 4.66. The summed E-state index contributed by atoms with van der Waals surface area (Å²) in [7, 11) is 0. The first kappa shape index (κ1) is 19.7. The molecule has 0 aliphatic rings. The van der Waals surface area contributed by atoms with Crippen LogP contribution >= 0.6 is 0 Å². The Morgan fingerprint density at radius 3 is 2.00 bits per heavy atom. The van der Waals surface area contributed by atoms with Crippen LogP contribution in [0.3, 0.4) is 0 Å². The number of aryl methyl sites for hydroxylation is 2. The van der Waals surface area contributed by atoms with E-state index < -0.39 is 23.4 Å². The number of hydrogen-bond acceptors (Lipinski definition) is 2. The Bertz CT molecular complexity index is 961. The molecule has 0 spiro atoms. The molecule has 3 rings (SSSR count). The van der Waals surface area contributed by atoms with Crippen LogP contribution in [0.25, 0.3) is 11.1 Å². The van der Waals surface area contributed by atoms with E-state index in [-0.39, 0.29) is 11.1 Å². The minimum absolute atomic E-state index is 0.242. The number of ether oxygens (including phenoxy) is 1. The summed E-state index contributed by atoms with van der Waals surface area (Å²) in [6.07, 6.45) is 2.50. The van der Waals surface area contributed by atoms with Gasteiger partial charge in [0, 0.05) is 0 Å². The molecule has 0 heterocycles. The summed E-state index contributed by atoms with van der Waals surface area (Å²) in [5, 5.41) is 0. The zero-order chi connectivity index (χ0) is 20.1. The smallest absolute Gasteiger partial charge is 0.343 e. The monoisotopic (exact) mass is 380 g/mol. The summed E-state index contributed by atoms with van der Waals surface area (Å²) in [6, 6.07) is 17.8. The van der Waals surface area contributed by atoms with Crippen LogP contribution in [0, 0.1) is 11.6 Å². The highest BCUT2D eigenvalue weighted by Crippen LogP contribution is 2.25. The predicted molar refractivity (Wildman–Crippen MR) is 107 cm³/mol. The van der Waals surface area contributed by atoms with Gasteiger partial charge in [-0.1, -0.05) is 62.7 Å². The van der Waals surface area contributed by atoms with Crippen LogP contribution in [0.4, 0.5) is 8.78 Å². The number of halogens is 2. The van der Waals surface area contributed by atoms with Gasteiger partial charge in [0.15, 0.2) is 11.6 Å². The Labute approximate surface area is 163 Å². The summed E-state index contributed by atoms with van der Waals surface area (Å²) in [4.78, 5) is 12.3. The molecule has 0 bridgehead atoms. The summed E-state index contributed by atoms with van der Waals surface area (Å²) in [6.45, 7) is 3.87. The van der Waals surface area contributed by atoms with Crippen molar-refractivity contribution in [2.24, 2.45) is 0 Å². The van der Waals surface area contributed by atoms with Gasteiger partial charge in [0.25, 0.3) is 0 Å². The highest BCUT2D eigenvalue weighted by Gasteiger charge is 2.17. The fourth-order valence-electron chi connectivity index (χ4n) is 3.03. The number of rotatable bonds is 6. The van der Waals surface area contributed by atoms with Gasteiger partial charge in [-0.15, -0.1) is 0 Å². The van der Waals surface area contributed by atoms with E-state index in [1.54, 1.807) is 19.1 Å². The molecule has 0 saturated heterocycles. The molecule has 0 aromatic heterocycles. The Balaban J connectivity index is 1.74. The van der Waals surface area contributed by atoms with Crippen LogP contribution in [-0.4, -0.2) is 5.97 Å². The SMILES string of the molecule is CCCc1ccc(-c2ccc(C(=O)Oc3ccc(CC)c(F)c3F)cc2)cc1. The molecule has 2 nitrogen and oxygen atoms in total. The molecule has 0 radical (unpaired) electrons. The van der Waals surface area contributed by atoms with Crippen molar-refractivity contribution in [1.29, 1.82) is 0 Å². The zero-order valence-electron chi connectivity index (χ0n) is 16.0. The Morgan fingerprint density at radius 2 is 1.43 bits per heavy atom. The fraction of sp³-hybridized carbons (Fsp3) is 0.208. The van der Waals surface area contributed by atoms with Gasteiger partial charge in [-0.05, 0) is 53.3 Å². The van der Waals surface area contributed by atoms with Crippen molar-refractivity contribution in [3.8, 4) is 16.9 Å². The van der Waals surface area contributed by atoms with Crippen LogP contribution < -0.4 is 4.74 Å². The molecular formula is C24H22F2O2. The lowest BCUT2D eigenvalue weighted by Gasteiger charge is -2.09. The van der Waals surface area contributed by atoms with Crippen LogP contribution in [0.5, 0.6) is 5.75 Å². The minimum atomic E-state index is -1.14. The van der Waals surface area contributed by atoms with E-state index in [0.717, 1.165) is 24.0 Å². The average Bonchev–Trinajstić information content (AvgIpc) is 2.72. The largest absolute Gasteiger partial charge is 0.420 e. The highest BCUT2D eigenvalue weighted by atomic mass is 19.2. The predicted octanol–water partition coefficient (Wildman–Crippen LogP) is 6.37. The van der Waals surface area contributed by atoms with Gasteiger partial charge in [-0.3, -0.25) is 0 Å². The average molecular weight is 380 g/mol. The first-order chi connectivity index (χ1) is 13.5. The maximum absolute atomic E-state index is 14.0. The quantitative estimate of drug-likeness (QED) is 0.367. The number of hydrogen-bond donors (Lipinski definition) is 0. The first-order valence-electron chi connectivity index (χ1n) is 9.42. The molecule has 0 aliphatic heterocycles. The normalized spacial score (nSPS) is 10.7. The second-order valence-corrected chi connectivity index (χ2v) is 6.62. The summed E-state index contributed by atoms with van der Waals surface area (Å²) >= 11 is 0. The Morgan fingerprint density at radius 1 is 0.821 bits per heavy atom. The van der Waals surface area contributed by atoms with Gasteiger partial charge in [0.05, 0.1) is 5.56 Å². The van der Waals surface area contributed by atoms with Gasteiger partial charge in [-0.2, -0.15) is 4.39 Å². The van der Waals surface area contributed by atoms with Crippen molar-refractivity contribution >= 4 is 5.97 Å². The number of esters is 1. The summed E-state index contributed by atoms with van der Waals surface area (Å²) < 4.78 is 33.0. The van der Waals surface area contributed by atoms with Crippen molar-refractivity contribution in [2.75, 3.05) is 0 Å². The van der Waals surface area contributed by atoms with E-state index in [1.165, 1.54) is 17.7 Å². The first-order valence-corrected chi connectivity index (χ1v) is 9.42. The number of carbonyl (C=O) groups excluding carboxylic acids is 1. The second kappa shape index (κ2) is 8.79. The van der Waals surface area contributed by atoms with Gasteiger partial charge in [-0.25, -0.2) is 9.18 Å². The van der Waals surface area contributed by atoms with Crippen molar-refractivity contribution < 1.29 is 18.3 Å². The van der Waals surface area contributed by atoms with Crippen molar-refractivity contribution in [1.82, 2.24) is 0 Å². The molecule has 3 aromatic rings. The van der Waals surface area contributed by atoms with Gasteiger partial charge < -0.3 is 4.74 Å².